The molecule has 3 amide bonds. The molecule has 3 heterocycles. The van der Waals surface area contributed by atoms with E-state index in [1.165, 1.54) is 0 Å². The Morgan fingerprint density at radius 1 is 0.936 bits per heavy atom. The number of benzene rings is 1. The van der Waals surface area contributed by atoms with Crippen molar-refractivity contribution in [2.45, 2.75) is 94.8 Å². The minimum absolute atomic E-state index is 0.0644. The molecule has 0 bridgehead atoms. The zero-order valence-electron chi connectivity index (χ0n) is 27.9. The van der Waals surface area contributed by atoms with Gasteiger partial charge >= 0.3 is 0 Å². The lowest BCUT2D eigenvalue weighted by atomic mass is 9.86. The summed E-state index contributed by atoms with van der Waals surface area (Å²) in [6, 6.07) is 6.41. The molecule has 0 radical (unpaired) electrons. The predicted molar refractivity (Wildman–Crippen MR) is 175 cm³/mol. The maximum atomic E-state index is 14.8. The zero-order valence-corrected chi connectivity index (χ0v) is 28.7. The fraction of sp³-hybridized carbons (Fsp3) is 0.743. The third kappa shape index (κ3) is 7.33. The molecule has 9 nitrogen and oxygen atoms in total. The number of alkyl halides is 2. The number of carbonyl (C=O) groups excluding carboxylic acids is 3. The third-order valence-corrected chi connectivity index (χ3v) is 11.6. The fourth-order valence-corrected chi connectivity index (χ4v) is 8.29. The molecule has 1 aromatic rings. The first kappa shape index (κ1) is 34.5. The maximum absolute atomic E-state index is 14.8. The van der Waals surface area contributed by atoms with Crippen molar-refractivity contribution in [1.29, 1.82) is 0 Å². The minimum Gasteiger partial charge on any atom is -0.395 e. The summed E-state index contributed by atoms with van der Waals surface area (Å²) in [5.74, 6) is -3.73. The van der Waals surface area contributed by atoms with Crippen molar-refractivity contribution in [1.82, 2.24) is 24.5 Å². The van der Waals surface area contributed by atoms with Crippen LogP contribution in [0, 0.1) is 11.3 Å². The van der Waals surface area contributed by atoms with Crippen LogP contribution >= 0.6 is 11.6 Å². The van der Waals surface area contributed by atoms with E-state index in [4.69, 9.17) is 11.6 Å². The molecule has 4 atom stereocenters. The molecule has 3 aliphatic heterocycles. The number of likely N-dealkylation sites (N-methyl/N-ethyl adjacent to an activating group) is 1. The molecule has 0 aromatic heterocycles. The van der Waals surface area contributed by atoms with E-state index in [0.717, 1.165) is 38.0 Å². The first-order chi connectivity index (χ1) is 22.3. The maximum Gasteiger partial charge on any atom is 0.248 e. The highest BCUT2D eigenvalue weighted by Gasteiger charge is 2.52. The lowest BCUT2D eigenvalue weighted by molar-refractivity contribution is -0.151. The number of amides is 3. The van der Waals surface area contributed by atoms with Crippen molar-refractivity contribution >= 4 is 29.3 Å². The molecule has 47 heavy (non-hydrogen) atoms. The summed E-state index contributed by atoms with van der Waals surface area (Å²) in [6.45, 7) is 7.03. The van der Waals surface area contributed by atoms with Gasteiger partial charge in [0.15, 0.2) is 0 Å². The van der Waals surface area contributed by atoms with Crippen LogP contribution in [0.1, 0.15) is 70.3 Å². The molecular weight excluding hydrogens is 628 g/mol. The number of halogens is 3. The van der Waals surface area contributed by atoms with E-state index in [1.54, 1.807) is 23.6 Å². The number of piperazine rings is 1. The Labute approximate surface area is 282 Å². The van der Waals surface area contributed by atoms with Crippen LogP contribution in [0.15, 0.2) is 24.3 Å². The van der Waals surface area contributed by atoms with Crippen LogP contribution < -0.4 is 0 Å². The van der Waals surface area contributed by atoms with E-state index in [9.17, 15) is 28.3 Å². The smallest absolute Gasteiger partial charge is 0.248 e. The summed E-state index contributed by atoms with van der Waals surface area (Å²) < 4.78 is 28.6. The monoisotopic (exact) mass is 677 g/mol. The molecule has 6 rings (SSSR count). The van der Waals surface area contributed by atoms with Crippen molar-refractivity contribution in [3.05, 3.63) is 34.9 Å². The van der Waals surface area contributed by atoms with E-state index in [1.807, 2.05) is 36.2 Å². The van der Waals surface area contributed by atoms with Gasteiger partial charge in [0.1, 0.15) is 6.04 Å². The molecule has 3 saturated heterocycles. The molecule has 5 aliphatic rings. The molecule has 12 heteroatoms. The lowest BCUT2D eigenvalue weighted by Crippen LogP contribution is -2.55. The number of hydrogen-bond acceptors (Lipinski definition) is 6. The van der Waals surface area contributed by atoms with Gasteiger partial charge in [0.2, 0.25) is 23.6 Å². The number of aliphatic hydroxyl groups is 1. The van der Waals surface area contributed by atoms with Crippen molar-refractivity contribution in [3.8, 4) is 0 Å². The van der Waals surface area contributed by atoms with Gasteiger partial charge in [-0.3, -0.25) is 19.3 Å². The van der Waals surface area contributed by atoms with Crippen LogP contribution in [0.4, 0.5) is 8.78 Å². The van der Waals surface area contributed by atoms with Gasteiger partial charge in [0.05, 0.1) is 24.0 Å². The van der Waals surface area contributed by atoms with E-state index in [2.05, 4.69) is 9.80 Å². The molecule has 0 spiro atoms. The second-order valence-corrected chi connectivity index (χ2v) is 15.8. The van der Waals surface area contributed by atoms with Crippen molar-refractivity contribution in [2.24, 2.45) is 11.3 Å². The lowest BCUT2D eigenvalue weighted by Gasteiger charge is -2.43. The Morgan fingerprint density at radius 3 is 2.17 bits per heavy atom. The van der Waals surface area contributed by atoms with Crippen molar-refractivity contribution in [2.75, 3.05) is 59.5 Å². The highest BCUT2D eigenvalue weighted by molar-refractivity contribution is 6.30. The summed E-state index contributed by atoms with van der Waals surface area (Å²) in [6.07, 6.45) is 2.12. The van der Waals surface area contributed by atoms with Crippen molar-refractivity contribution < 1.29 is 28.3 Å². The van der Waals surface area contributed by atoms with Crippen LogP contribution in [0.3, 0.4) is 0 Å². The molecule has 260 valence electrons. The van der Waals surface area contributed by atoms with Gasteiger partial charge in [-0.25, -0.2) is 8.78 Å². The molecular formula is C35H50ClF2N5O4. The Morgan fingerprint density at radius 2 is 1.57 bits per heavy atom. The molecule has 2 saturated carbocycles. The summed E-state index contributed by atoms with van der Waals surface area (Å²) in [5, 5.41) is 10.8. The van der Waals surface area contributed by atoms with Crippen LogP contribution in [0.25, 0.3) is 0 Å². The van der Waals surface area contributed by atoms with E-state index >= 15 is 0 Å². The largest absolute Gasteiger partial charge is 0.395 e. The molecule has 1 N–H and O–H groups in total. The number of hydrogen-bond donors (Lipinski definition) is 1. The van der Waals surface area contributed by atoms with Gasteiger partial charge < -0.3 is 24.7 Å². The molecule has 2 aliphatic carbocycles. The fourth-order valence-electron chi connectivity index (χ4n) is 8.16. The Bertz CT molecular complexity index is 1310. The second kappa shape index (κ2) is 13.5. The molecule has 0 unspecified atom stereocenters. The number of carbonyl (C=O) groups is 3. The number of nitrogens with zero attached hydrogens (tertiary/aromatic N) is 5. The van der Waals surface area contributed by atoms with Crippen LogP contribution in [-0.2, 0) is 14.4 Å². The van der Waals surface area contributed by atoms with Gasteiger partial charge in [-0.2, -0.15) is 0 Å². The number of likely N-dealkylation sites (tertiary alicyclic amines) is 2. The van der Waals surface area contributed by atoms with Gasteiger partial charge in [-0.15, -0.1) is 0 Å². The third-order valence-electron chi connectivity index (χ3n) is 11.4. The summed E-state index contributed by atoms with van der Waals surface area (Å²) in [4.78, 5) is 53.1. The molecule has 5 fully saturated rings. The quantitative estimate of drug-likeness (QED) is 0.452. The van der Waals surface area contributed by atoms with Gasteiger partial charge in [0.25, 0.3) is 0 Å². The van der Waals surface area contributed by atoms with Crippen LogP contribution in [0.2, 0.25) is 5.02 Å². The topological polar surface area (TPSA) is 87.6 Å². The minimum atomic E-state index is -2.78. The predicted octanol–water partition coefficient (Wildman–Crippen LogP) is 3.69. The summed E-state index contributed by atoms with van der Waals surface area (Å²) in [5.41, 5.74) is -0.0946. The Balaban J connectivity index is 1.32. The van der Waals surface area contributed by atoms with Crippen molar-refractivity contribution in [3.63, 3.8) is 0 Å². The Kier molecular flexibility index (Phi) is 9.93. The second-order valence-electron chi connectivity index (χ2n) is 15.3. The number of aliphatic hydroxyl groups excluding tert-OH is 1. The Hall–Kier alpha value is -2.34. The van der Waals surface area contributed by atoms with Gasteiger partial charge in [-0.1, -0.05) is 23.7 Å². The first-order valence-corrected chi connectivity index (χ1v) is 17.7. The number of rotatable bonds is 8. The normalized spacial score (nSPS) is 29.3. The van der Waals surface area contributed by atoms with Gasteiger partial charge in [-0.05, 0) is 70.7 Å². The molecule has 1 aromatic carbocycles. The average Bonchev–Trinajstić information content (AvgIpc) is 3.66. The van der Waals surface area contributed by atoms with E-state index in [0.29, 0.717) is 30.7 Å². The van der Waals surface area contributed by atoms with Crippen LogP contribution in [-0.4, -0.2) is 137 Å². The first-order valence-electron chi connectivity index (χ1n) is 17.4. The van der Waals surface area contributed by atoms with E-state index < -0.39 is 36.1 Å². The SMILES string of the molecule is CN1CCN(C(=O)[C@@H]2C[C@H](N(C(=O)C(C)(C)CO)C3CCC(F)(F)CC3)CN2C(=O)[C@@H]2CN(C3CC3)C[C@H]2c2ccc(Cl)cc2)CC1. The highest BCUT2D eigenvalue weighted by atomic mass is 35.5. The summed E-state index contributed by atoms with van der Waals surface area (Å²) >= 11 is 6.22. The van der Waals surface area contributed by atoms with E-state index in [-0.39, 0.29) is 68.2 Å². The van der Waals surface area contributed by atoms with Crippen LogP contribution in [0.5, 0.6) is 0 Å². The highest BCUT2D eigenvalue weighted by Crippen LogP contribution is 2.43. The zero-order chi connectivity index (χ0) is 33.7. The standard InChI is InChI=1S/C35H50ClF2N5O4/c1-34(2,22-44)33(47)43(26-10-12-35(37,38)13-11-26)27-18-30(32(46)40-16-14-39(3)15-17-40)42(19-27)31(45)29-21-41(25-8-9-25)20-28(29)23-4-6-24(36)7-5-23/h4-7,25-30,44H,8-22H2,1-3H3/t27-,28-,29+,30-/m0/s1. The van der Waals surface area contributed by atoms with Gasteiger partial charge in [0, 0.05) is 81.7 Å². The average molecular weight is 678 g/mol. The summed E-state index contributed by atoms with van der Waals surface area (Å²) in [7, 11) is 2.02.